The van der Waals surface area contributed by atoms with E-state index >= 15 is 0 Å². The number of nitrogens with zero attached hydrogens (tertiary/aromatic N) is 3. The molecule has 0 bridgehead atoms. The summed E-state index contributed by atoms with van der Waals surface area (Å²) < 4.78 is 7.94. The fourth-order valence-electron chi connectivity index (χ4n) is 4.39. The van der Waals surface area contributed by atoms with Gasteiger partial charge in [0.15, 0.2) is 16.7 Å². The Balaban J connectivity index is 1.74. The Bertz CT molecular complexity index is 1790. The molecule has 3 aromatic heterocycles. The first kappa shape index (κ1) is 24.1. The van der Waals surface area contributed by atoms with Gasteiger partial charge in [0, 0.05) is 36.0 Å². The highest BCUT2D eigenvalue weighted by molar-refractivity contribution is 6.29. The Labute approximate surface area is 215 Å². The Morgan fingerprint density at radius 1 is 1.08 bits per heavy atom. The maximum atomic E-state index is 13.2. The van der Waals surface area contributed by atoms with E-state index in [0.717, 1.165) is 16.3 Å². The highest BCUT2D eigenvalue weighted by atomic mass is 35.5. The van der Waals surface area contributed by atoms with Crippen molar-refractivity contribution in [1.82, 2.24) is 9.55 Å². The monoisotopic (exact) mass is 516 g/mol. The van der Waals surface area contributed by atoms with Crippen molar-refractivity contribution >= 4 is 56.6 Å². The molecule has 3 heterocycles. The number of carbonyl (C=O) groups excluding carboxylic acids is 1. The van der Waals surface area contributed by atoms with Crippen LogP contribution in [-0.4, -0.2) is 33.1 Å². The van der Waals surface area contributed by atoms with Crippen LogP contribution in [0.1, 0.15) is 33.3 Å². The summed E-state index contributed by atoms with van der Waals surface area (Å²) in [6.07, 6.45) is 3.52. The molecular formula is C27H21ClN4O5. The fourth-order valence-corrected chi connectivity index (χ4v) is 4.54. The first-order chi connectivity index (χ1) is 17.7. The van der Waals surface area contributed by atoms with E-state index in [9.17, 15) is 19.5 Å². The molecular weight excluding hydrogens is 496 g/mol. The molecule has 0 spiro atoms. The average molecular weight is 517 g/mol. The zero-order valence-corrected chi connectivity index (χ0v) is 20.6. The highest BCUT2D eigenvalue weighted by Gasteiger charge is 2.23. The predicted molar refractivity (Wildman–Crippen MR) is 141 cm³/mol. The molecule has 186 valence electrons. The van der Waals surface area contributed by atoms with E-state index in [1.54, 1.807) is 52.2 Å². The van der Waals surface area contributed by atoms with E-state index in [4.69, 9.17) is 21.8 Å². The molecule has 2 aromatic carbocycles. The van der Waals surface area contributed by atoms with Crippen LogP contribution in [-0.2, 0) is 0 Å². The molecule has 0 saturated carbocycles. The Kier molecular flexibility index (Phi) is 5.93. The molecule has 0 aliphatic carbocycles. The third-order valence-corrected chi connectivity index (χ3v) is 6.27. The molecule has 5 aromatic rings. The lowest BCUT2D eigenvalue weighted by atomic mass is 10.1. The number of aromatic carboxylic acids is 1. The summed E-state index contributed by atoms with van der Waals surface area (Å²) in [7, 11) is 0. The summed E-state index contributed by atoms with van der Waals surface area (Å²) >= 11 is 5.96. The lowest BCUT2D eigenvalue weighted by Crippen LogP contribution is -2.21. The van der Waals surface area contributed by atoms with Gasteiger partial charge in [-0.05, 0) is 61.2 Å². The smallest absolute Gasteiger partial charge is 0.356 e. The van der Waals surface area contributed by atoms with E-state index in [1.807, 2.05) is 19.9 Å². The first-order valence-electron chi connectivity index (χ1n) is 11.3. The van der Waals surface area contributed by atoms with Crippen LogP contribution in [0.25, 0.3) is 27.6 Å². The van der Waals surface area contributed by atoms with E-state index in [0.29, 0.717) is 28.9 Å². The van der Waals surface area contributed by atoms with Crippen LogP contribution in [0.15, 0.2) is 70.1 Å². The van der Waals surface area contributed by atoms with E-state index in [2.05, 4.69) is 4.98 Å². The zero-order valence-electron chi connectivity index (χ0n) is 19.9. The quantitative estimate of drug-likeness (QED) is 0.302. The SMILES string of the molecule is CCN(c1ccc(Cl)nc1C(=O)O)c1cc(C)cc2c(=O)cc(-n3cc4ccc(C(N)=O)cc4c3)oc12. The minimum atomic E-state index is -1.23. The van der Waals surface area contributed by atoms with Gasteiger partial charge in [-0.3, -0.25) is 14.2 Å². The second-order valence-corrected chi connectivity index (χ2v) is 8.92. The first-order valence-corrected chi connectivity index (χ1v) is 11.7. The second-order valence-electron chi connectivity index (χ2n) is 8.53. The van der Waals surface area contributed by atoms with Gasteiger partial charge in [0.1, 0.15) is 5.15 Å². The second kappa shape index (κ2) is 9.11. The van der Waals surface area contributed by atoms with Crippen LogP contribution in [0, 0.1) is 6.92 Å². The molecule has 10 heteroatoms. The van der Waals surface area contributed by atoms with Crippen molar-refractivity contribution in [1.29, 1.82) is 0 Å². The third-order valence-electron chi connectivity index (χ3n) is 6.06. The van der Waals surface area contributed by atoms with Gasteiger partial charge < -0.3 is 20.2 Å². The molecule has 9 nitrogen and oxygen atoms in total. The van der Waals surface area contributed by atoms with Crippen molar-refractivity contribution in [2.45, 2.75) is 13.8 Å². The van der Waals surface area contributed by atoms with Crippen molar-refractivity contribution in [3.05, 3.63) is 93.1 Å². The van der Waals surface area contributed by atoms with Gasteiger partial charge in [-0.25, -0.2) is 9.78 Å². The standard InChI is InChI=1S/C27H21ClN4O5/c1-3-32(19-6-7-22(28)30-24(19)27(35)36)20-9-14(2)8-18-21(33)11-23(37-25(18)20)31-12-16-5-4-15(26(29)34)10-17(16)13-31/h4-13H,3H2,1-2H3,(H2,29,34)(H,35,36). The number of aryl methyl sites for hydroxylation is 1. The summed E-state index contributed by atoms with van der Waals surface area (Å²) in [5.74, 6) is -1.52. The topological polar surface area (TPSA) is 132 Å². The molecule has 0 aliphatic heterocycles. The van der Waals surface area contributed by atoms with Crippen molar-refractivity contribution in [3.8, 4) is 5.88 Å². The summed E-state index contributed by atoms with van der Waals surface area (Å²) in [6, 6.07) is 13.1. The maximum absolute atomic E-state index is 13.2. The number of aromatic nitrogens is 2. The molecule has 0 saturated heterocycles. The van der Waals surface area contributed by atoms with Gasteiger partial charge >= 0.3 is 5.97 Å². The number of anilines is 2. The van der Waals surface area contributed by atoms with Crippen LogP contribution >= 0.6 is 11.6 Å². The minimum absolute atomic E-state index is 0.0549. The lowest BCUT2D eigenvalue weighted by molar-refractivity contribution is 0.0691. The number of carboxylic acid groups (broad SMARTS) is 1. The van der Waals surface area contributed by atoms with Gasteiger partial charge in [0.05, 0.1) is 16.8 Å². The third kappa shape index (κ3) is 4.30. The predicted octanol–water partition coefficient (Wildman–Crippen LogP) is 5.05. The molecule has 0 atom stereocenters. The Morgan fingerprint density at radius 3 is 2.54 bits per heavy atom. The lowest BCUT2D eigenvalue weighted by Gasteiger charge is -2.25. The number of hydrogen-bond acceptors (Lipinski definition) is 6. The Morgan fingerprint density at radius 2 is 1.84 bits per heavy atom. The number of halogens is 1. The number of hydrogen-bond donors (Lipinski definition) is 2. The molecule has 0 radical (unpaired) electrons. The number of carboxylic acids is 1. The van der Waals surface area contributed by atoms with E-state index < -0.39 is 11.9 Å². The van der Waals surface area contributed by atoms with E-state index in [1.165, 1.54) is 12.1 Å². The number of rotatable bonds is 6. The zero-order chi connectivity index (χ0) is 26.4. The summed E-state index contributed by atoms with van der Waals surface area (Å²) in [5, 5.41) is 11.7. The molecule has 0 fully saturated rings. The van der Waals surface area contributed by atoms with Crippen LogP contribution in [0.3, 0.4) is 0 Å². The molecule has 1 amide bonds. The fraction of sp³-hybridized carbons (Fsp3) is 0.111. The van der Waals surface area contributed by atoms with Crippen molar-refractivity contribution in [2.75, 3.05) is 11.4 Å². The van der Waals surface area contributed by atoms with E-state index in [-0.39, 0.29) is 27.7 Å². The molecule has 5 rings (SSSR count). The Hall–Kier alpha value is -4.63. The highest BCUT2D eigenvalue weighted by Crippen LogP contribution is 2.35. The number of amides is 1. The van der Waals surface area contributed by atoms with Crippen LogP contribution in [0.4, 0.5) is 11.4 Å². The van der Waals surface area contributed by atoms with Crippen LogP contribution < -0.4 is 16.1 Å². The number of fused-ring (bicyclic) bond motifs is 2. The molecule has 3 N–H and O–H groups in total. The van der Waals surface area contributed by atoms with Crippen molar-refractivity contribution in [2.24, 2.45) is 5.73 Å². The van der Waals surface area contributed by atoms with Gasteiger partial charge in [-0.15, -0.1) is 0 Å². The summed E-state index contributed by atoms with van der Waals surface area (Å²) in [6.45, 7) is 4.06. The minimum Gasteiger partial charge on any atom is -0.476 e. The van der Waals surface area contributed by atoms with Gasteiger partial charge in [0.25, 0.3) is 0 Å². The van der Waals surface area contributed by atoms with Crippen molar-refractivity contribution in [3.63, 3.8) is 0 Å². The molecule has 0 aliphatic rings. The largest absolute Gasteiger partial charge is 0.476 e. The number of primary amides is 1. The number of pyridine rings is 1. The number of nitrogens with two attached hydrogens (primary N) is 1. The van der Waals surface area contributed by atoms with Crippen LogP contribution in [0.2, 0.25) is 5.15 Å². The van der Waals surface area contributed by atoms with Crippen molar-refractivity contribution < 1.29 is 19.1 Å². The summed E-state index contributed by atoms with van der Waals surface area (Å²) in [5.41, 5.74) is 7.19. The number of carbonyl (C=O) groups is 2. The average Bonchev–Trinajstić information content (AvgIpc) is 3.29. The maximum Gasteiger partial charge on any atom is 0.356 e. The van der Waals surface area contributed by atoms with Gasteiger partial charge in [0.2, 0.25) is 11.8 Å². The van der Waals surface area contributed by atoms with Crippen LogP contribution in [0.5, 0.6) is 0 Å². The number of benzene rings is 2. The molecule has 37 heavy (non-hydrogen) atoms. The van der Waals surface area contributed by atoms with Gasteiger partial charge in [-0.1, -0.05) is 17.7 Å². The van der Waals surface area contributed by atoms with Gasteiger partial charge in [-0.2, -0.15) is 0 Å². The normalized spacial score (nSPS) is 11.2. The molecule has 0 unspecified atom stereocenters. The summed E-state index contributed by atoms with van der Waals surface area (Å²) in [4.78, 5) is 42.5.